The van der Waals surface area contributed by atoms with Crippen molar-refractivity contribution >= 4 is 23.4 Å². The maximum Gasteiger partial charge on any atom is 0.255 e. The standard InChI is InChI=1S/C21H19NOS/c1-24-19-13-11-18(12-14-19)22-21(23)20-10-6-5-9-17(20)15-16-7-3-2-4-8-16/h2-14H,15H2,1H3,(H,22,23). The van der Waals surface area contributed by atoms with Crippen LogP contribution in [0.1, 0.15) is 21.5 Å². The zero-order valence-corrected chi connectivity index (χ0v) is 14.3. The second-order valence-electron chi connectivity index (χ2n) is 5.50. The van der Waals surface area contributed by atoms with Crippen molar-refractivity contribution in [2.24, 2.45) is 0 Å². The zero-order chi connectivity index (χ0) is 16.8. The fraction of sp³-hybridized carbons (Fsp3) is 0.0952. The molecule has 2 nitrogen and oxygen atoms in total. The van der Waals surface area contributed by atoms with Crippen LogP contribution >= 0.6 is 11.8 Å². The highest BCUT2D eigenvalue weighted by Crippen LogP contribution is 2.19. The Kier molecular flexibility index (Phi) is 5.34. The van der Waals surface area contributed by atoms with E-state index in [1.807, 2.05) is 73.0 Å². The molecule has 3 aromatic carbocycles. The number of thioether (sulfide) groups is 1. The second-order valence-corrected chi connectivity index (χ2v) is 6.38. The Morgan fingerprint density at radius 2 is 1.54 bits per heavy atom. The molecule has 0 spiro atoms. The predicted molar refractivity (Wildman–Crippen MR) is 102 cm³/mol. The molecule has 0 unspecified atom stereocenters. The van der Waals surface area contributed by atoms with Gasteiger partial charge in [0.25, 0.3) is 5.91 Å². The van der Waals surface area contributed by atoms with Gasteiger partial charge in [-0.2, -0.15) is 0 Å². The molecule has 0 saturated carbocycles. The summed E-state index contributed by atoms with van der Waals surface area (Å²) in [4.78, 5) is 13.8. The molecule has 3 heteroatoms. The van der Waals surface area contributed by atoms with Crippen molar-refractivity contribution in [3.63, 3.8) is 0 Å². The third-order valence-corrected chi connectivity index (χ3v) is 4.59. The van der Waals surface area contributed by atoms with Crippen LogP contribution < -0.4 is 5.32 Å². The second kappa shape index (κ2) is 7.84. The molecule has 0 aromatic heterocycles. The summed E-state index contributed by atoms with van der Waals surface area (Å²) in [5.74, 6) is -0.0709. The number of carbonyl (C=O) groups excluding carboxylic acids is 1. The van der Waals surface area contributed by atoms with Crippen molar-refractivity contribution in [3.05, 3.63) is 95.6 Å². The van der Waals surface area contributed by atoms with E-state index in [4.69, 9.17) is 0 Å². The third-order valence-electron chi connectivity index (χ3n) is 3.85. The van der Waals surface area contributed by atoms with Gasteiger partial charge in [-0.25, -0.2) is 0 Å². The first-order valence-electron chi connectivity index (χ1n) is 7.83. The van der Waals surface area contributed by atoms with Crippen molar-refractivity contribution < 1.29 is 4.79 Å². The fourth-order valence-electron chi connectivity index (χ4n) is 2.58. The minimum Gasteiger partial charge on any atom is -0.322 e. The van der Waals surface area contributed by atoms with Gasteiger partial charge in [-0.3, -0.25) is 4.79 Å². The van der Waals surface area contributed by atoms with Crippen LogP contribution in [0.5, 0.6) is 0 Å². The Morgan fingerprint density at radius 1 is 0.875 bits per heavy atom. The van der Waals surface area contributed by atoms with Crippen molar-refractivity contribution in [1.29, 1.82) is 0 Å². The van der Waals surface area contributed by atoms with Gasteiger partial charge in [0.1, 0.15) is 0 Å². The Hall–Kier alpha value is -2.52. The van der Waals surface area contributed by atoms with E-state index in [0.717, 1.165) is 23.2 Å². The molecule has 0 aliphatic carbocycles. The van der Waals surface area contributed by atoms with Gasteiger partial charge in [-0.1, -0.05) is 48.5 Å². The molecule has 0 radical (unpaired) electrons. The van der Waals surface area contributed by atoms with Gasteiger partial charge in [-0.15, -0.1) is 11.8 Å². The van der Waals surface area contributed by atoms with Crippen LogP contribution in [0, 0.1) is 0 Å². The highest BCUT2D eigenvalue weighted by atomic mass is 32.2. The van der Waals surface area contributed by atoms with E-state index in [-0.39, 0.29) is 5.91 Å². The lowest BCUT2D eigenvalue weighted by atomic mass is 9.99. The van der Waals surface area contributed by atoms with Gasteiger partial charge in [0.15, 0.2) is 0 Å². The highest BCUT2D eigenvalue weighted by molar-refractivity contribution is 7.98. The molecule has 3 aromatic rings. The fourth-order valence-corrected chi connectivity index (χ4v) is 2.99. The maximum absolute atomic E-state index is 12.7. The van der Waals surface area contributed by atoms with E-state index in [2.05, 4.69) is 17.4 Å². The lowest BCUT2D eigenvalue weighted by molar-refractivity contribution is 0.102. The molecular formula is C21H19NOS. The Morgan fingerprint density at radius 3 is 2.25 bits per heavy atom. The van der Waals surface area contributed by atoms with E-state index < -0.39 is 0 Å². The minimum atomic E-state index is -0.0709. The van der Waals surface area contributed by atoms with Crippen LogP contribution in [0.15, 0.2) is 83.8 Å². The SMILES string of the molecule is CSc1ccc(NC(=O)c2ccccc2Cc2ccccc2)cc1. The lowest BCUT2D eigenvalue weighted by Crippen LogP contribution is -2.14. The monoisotopic (exact) mass is 333 g/mol. The van der Waals surface area contributed by atoms with Gasteiger partial charge in [0, 0.05) is 16.1 Å². The molecule has 0 atom stereocenters. The number of nitrogens with one attached hydrogen (secondary N) is 1. The number of amides is 1. The summed E-state index contributed by atoms with van der Waals surface area (Å²) in [6, 6.07) is 25.9. The van der Waals surface area contributed by atoms with Crippen LogP contribution in [0.4, 0.5) is 5.69 Å². The smallest absolute Gasteiger partial charge is 0.255 e. The first-order chi connectivity index (χ1) is 11.8. The minimum absolute atomic E-state index is 0.0709. The molecule has 1 amide bonds. The number of benzene rings is 3. The molecule has 1 N–H and O–H groups in total. The van der Waals surface area contributed by atoms with Gasteiger partial charge in [0.2, 0.25) is 0 Å². The highest BCUT2D eigenvalue weighted by Gasteiger charge is 2.11. The van der Waals surface area contributed by atoms with Crippen molar-refractivity contribution in [3.8, 4) is 0 Å². The van der Waals surface area contributed by atoms with Crippen LogP contribution in [0.3, 0.4) is 0 Å². The summed E-state index contributed by atoms with van der Waals surface area (Å²) in [6.45, 7) is 0. The average Bonchev–Trinajstić information content (AvgIpc) is 2.63. The molecule has 120 valence electrons. The molecule has 0 aliphatic rings. The summed E-state index contributed by atoms with van der Waals surface area (Å²) in [7, 11) is 0. The van der Waals surface area contributed by atoms with Gasteiger partial charge >= 0.3 is 0 Å². The first kappa shape index (κ1) is 16.3. The summed E-state index contributed by atoms with van der Waals surface area (Å²) in [6.07, 6.45) is 2.78. The number of hydrogen-bond acceptors (Lipinski definition) is 2. The summed E-state index contributed by atoms with van der Waals surface area (Å²) >= 11 is 1.68. The third kappa shape index (κ3) is 4.06. The van der Waals surface area contributed by atoms with Crippen molar-refractivity contribution in [2.75, 3.05) is 11.6 Å². The summed E-state index contributed by atoms with van der Waals surface area (Å²) in [5, 5.41) is 2.99. The Labute approximate surface area is 146 Å². The first-order valence-corrected chi connectivity index (χ1v) is 9.06. The molecule has 0 heterocycles. The van der Waals surface area contributed by atoms with Crippen LogP contribution in [-0.2, 0) is 6.42 Å². The number of hydrogen-bond donors (Lipinski definition) is 1. The van der Waals surface area contributed by atoms with Gasteiger partial charge < -0.3 is 5.32 Å². The Balaban J connectivity index is 1.79. The Bertz CT molecular complexity index is 813. The largest absolute Gasteiger partial charge is 0.322 e. The molecule has 0 fully saturated rings. The number of anilines is 1. The summed E-state index contributed by atoms with van der Waals surface area (Å²) < 4.78 is 0. The zero-order valence-electron chi connectivity index (χ0n) is 13.5. The van der Waals surface area contributed by atoms with Crippen molar-refractivity contribution in [1.82, 2.24) is 0 Å². The van der Waals surface area contributed by atoms with E-state index in [9.17, 15) is 4.79 Å². The molecule has 0 aliphatic heterocycles. The van der Waals surface area contributed by atoms with Crippen LogP contribution in [0.25, 0.3) is 0 Å². The van der Waals surface area contributed by atoms with Crippen LogP contribution in [0.2, 0.25) is 0 Å². The van der Waals surface area contributed by atoms with Crippen LogP contribution in [-0.4, -0.2) is 12.2 Å². The predicted octanol–water partition coefficient (Wildman–Crippen LogP) is 5.25. The quantitative estimate of drug-likeness (QED) is 0.646. The van der Waals surface area contributed by atoms with E-state index >= 15 is 0 Å². The van der Waals surface area contributed by atoms with E-state index in [0.29, 0.717) is 0 Å². The molecule has 24 heavy (non-hydrogen) atoms. The summed E-state index contributed by atoms with van der Waals surface area (Å²) in [5.41, 5.74) is 3.76. The normalized spacial score (nSPS) is 10.4. The van der Waals surface area contributed by atoms with Gasteiger partial charge in [-0.05, 0) is 54.1 Å². The maximum atomic E-state index is 12.7. The molecular weight excluding hydrogens is 314 g/mol. The van der Waals surface area contributed by atoms with E-state index in [1.165, 1.54) is 10.5 Å². The van der Waals surface area contributed by atoms with Crippen molar-refractivity contribution in [2.45, 2.75) is 11.3 Å². The van der Waals surface area contributed by atoms with Gasteiger partial charge in [0.05, 0.1) is 0 Å². The molecule has 3 rings (SSSR count). The topological polar surface area (TPSA) is 29.1 Å². The number of rotatable bonds is 5. The number of carbonyl (C=O) groups is 1. The molecule has 0 saturated heterocycles. The molecule has 0 bridgehead atoms. The lowest BCUT2D eigenvalue weighted by Gasteiger charge is -2.11. The van der Waals surface area contributed by atoms with E-state index in [1.54, 1.807) is 11.8 Å². The average molecular weight is 333 g/mol.